The Morgan fingerprint density at radius 3 is 1.42 bits per heavy atom. The minimum Gasteiger partial charge on any atom is -0.466 e. The Labute approximate surface area is 223 Å². The third-order valence-electron chi connectivity index (χ3n) is 6.33. The second kappa shape index (κ2) is 14.9. The summed E-state index contributed by atoms with van der Waals surface area (Å²) in [5.41, 5.74) is 0. The summed E-state index contributed by atoms with van der Waals surface area (Å²) >= 11 is 0. The van der Waals surface area contributed by atoms with Crippen LogP contribution in [-0.2, 0) is 28.7 Å². The number of imide groups is 2. The van der Waals surface area contributed by atoms with Crippen LogP contribution >= 0.6 is 0 Å². The van der Waals surface area contributed by atoms with Crippen molar-refractivity contribution in [2.45, 2.75) is 64.5 Å². The van der Waals surface area contributed by atoms with Crippen molar-refractivity contribution >= 4 is 35.8 Å². The number of rotatable bonds is 17. The van der Waals surface area contributed by atoms with Gasteiger partial charge in [0, 0.05) is 39.0 Å². The third-order valence-corrected chi connectivity index (χ3v) is 6.33. The lowest BCUT2D eigenvalue weighted by Gasteiger charge is -2.20. The van der Waals surface area contributed by atoms with E-state index in [0.29, 0.717) is 12.8 Å². The van der Waals surface area contributed by atoms with Gasteiger partial charge in [-0.25, -0.2) is 9.59 Å². The van der Waals surface area contributed by atoms with Gasteiger partial charge in [-0.15, -0.1) is 13.2 Å². The molecule has 6 amide bonds. The van der Waals surface area contributed by atoms with Crippen LogP contribution in [0.25, 0.3) is 0 Å². The Bertz CT molecular complexity index is 862. The second-order valence-electron chi connectivity index (χ2n) is 8.85. The lowest BCUT2D eigenvalue weighted by Crippen LogP contribution is -2.36. The summed E-state index contributed by atoms with van der Waals surface area (Å²) in [6, 6.07) is -2.49. The van der Waals surface area contributed by atoms with Crippen molar-refractivity contribution in [1.29, 1.82) is 0 Å². The molecule has 2 atom stereocenters. The van der Waals surface area contributed by atoms with Crippen LogP contribution in [-0.4, -0.2) is 107 Å². The zero-order chi connectivity index (χ0) is 28.2. The molecule has 0 aromatic carbocycles. The number of carbonyl (C=O) groups excluding carboxylic acids is 6. The van der Waals surface area contributed by atoms with Crippen molar-refractivity contribution in [2.75, 3.05) is 39.4 Å². The standard InChI is InChI=1S/C26H38N4O8/c1-5-15-27-19(11-13-21(31)37-7-3)23(33)29(25(27)35)17-9-10-18-30-24(34)20(12-14-22(32)38-8-4)28(16-6-2)26(30)36/h5-6,19-20H,1-2,7-18H2,3-4H3. The van der Waals surface area contributed by atoms with Crippen molar-refractivity contribution in [3.8, 4) is 0 Å². The van der Waals surface area contributed by atoms with E-state index < -0.39 is 47.9 Å². The molecule has 210 valence electrons. The van der Waals surface area contributed by atoms with E-state index in [0.717, 1.165) is 9.80 Å². The SMILES string of the molecule is C=CCN1C(=O)N(CCCCN2C(=O)C(CCC(=O)OCC)N(CC=C)C2=O)C(=O)C1CCC(=O)OCC. The number of urea groups is 2. The maximum Gasteiger partial charge on any atom is 0.327 e. The molecule has 0 aliphatic carbocycles. The first-order valence-corrected chi connectivity index (χ1v) is 13.0. The average molecular weight is 535 g/mol. The van der Waals surface area contributed by atoms with Gasteiger partial charge in [-0.1, -0.05) is 12.2 Å². The Balaban J connectivity index is 1.94. The molecular formula is C26H38N4O8. The van der Waals surface area contributed by atoms with E-state index in [1.165, 1.54) is 22.0 Å². The fourth-order valence-corrected chi connectivity index (χ4v) is 4.57. The van der Waals surface area contributed by atoms with Crippen LogP contribution in [0.4, 0.5) is 9.59 Å². The van der Waals surface area contributed by atoms with Gasteiger partial charge in [-0.2, -0.15) is 0 Å². The highest BCUT2D eigenvalue weighted by Crippen LogP contribution is 2.24. The molecule has 0 aromatic heterocycles. The lowest BCUT2D eigenvalue weighted by molar-refractivity contribution is -0.144. The van der Waals surface area contributed by atoms with E-state index in [2.05, 4.69) is 13.2 Å². The molecule has 2 heterocycles. The number of esters is 2. The monoisotopic (exact) mass is 534 g/mol. The van der Waals surface area contributed by atoms with Gasteiger partial charge in [0.15, 0.2) is 0 Å². The summed E-state index contributed by atoms with van der Waals surface area (Å²) in [7, 11) is 0. The molecule has 0 bridgehead atoms. The molecule has 0 aromatic rings. The molecule has 2 unspecified atom stereocenters. The van der Waals surface area contributed by atoms with Crippen LogP contribution in [0.5, 0.6) is 0 Å². The second-order valence-corrected chi connectivity index (χ2v) is 8.85. The topological polar surface area (TPSA) is 134 Å². The van der Waals surface area contributed by atoms with Gasteiger partial charge in [0.1, 0.15) is 12.1 Å². The Kier molecular flexibility index (Phi) is 12.0. The van der Waals surface area contributed by atoms with Crippen LogP contribution in [0.2, 0.25) is 0 Å². The molecule has 0 spiro atoms. The number of carbonyl (C=O) groups is 6. The van der Waals surface area contributed by atoms with Crippen LogP contribution < -0.4 is 0 Å². The zero-order valence-electron chi connectivity index (χ0n) is 22.3. The first-order valence-electron chi connectivity index (χ1n) is 13.0. The molecule has 0 saturated carbocycles. The van der Waals surface area contributed by atoms with Gasteiger partial charge >= 0.3 is 24.0 Å². The third kappa shape index (κ3) is 7.42. The van der Waals surface area contributed by atoms with Crippen molar-refractivity contribution in [3.63, 3.8) is 0 Å². The average Bonchev–Trinajstić information content (AvgIpc) is 3.23. The number of hydrogen-bond donors (Lipinski definition) is 0. The molecule has 38 heavy (non-hydrogen) atoms. The minimum absolute atomic E-state index is 0.0106. The Morgan fingerprint density at radius 1 is 0.737 bits per heavy atom. The zero-order valence-corrected chi connectivity index (χ0v) is 22.3. The highest BCUT2D eigenvalue weighted by molar-refractivity contribution is 6.05. The van der Waals surface area contributed by atoms with E-state index >= 15 is 0 Å². The first-order chi connectivity index (χ1) is 18.2. The lowest BCUT2D eigenvalue weighted by atomic mass is 10.1. The molecule has 2 aliphatic rings. The summed E-state index contributed by atoms with van der Waals surface area (Å²) in [6.07, 6.45) is 4.10. The molecule has 2 rings (SSSR count). The number of nitrogens with zero attached hydrogens (tertiary/aromatic N) is 4. The first kappa shape index (κ1) is 30.5. The number of ether oxygens (including phenoxy) is 2. The summed E-state index contributed by atoms with van der Waals surface area (Å²) < 4.78 is 9.84. The molecule has 12 heteroatoms. The summed E-state index contributed by atoms with van der Waals surface area (Å²) in [4.78, 5) is 80.2. The minimum atomic E-state index is -0.778. The molecule has 0 radical (unpaired) electrons. The molecule has 2 saturated heterocycles. The highest BCUT2D eigenvalue weighted by atomic mass is 16.5. The van der Waals surface area contributed by atoms with Crippen LogP contribution in [0.1, 0.15) is 52.4 Å². The Hall–Kier alpha value is -3.70. The van der Waals surface area contributed by atoms with E-state index in [-0.39, 0.29) is 65.1 Å². The van der Waals surface area contributed by atoms with Gasteiger partial charge in [0.2, 0.25) is 0 Å². The summed E-state index contributed by atoms with van der Waals surface area (Å²) in [5.74, 6) is -1.66. The van der Waals surface area contributed by atoms with Gasteiger partial charge < -0.3 is 19.3 Å². The van der Waals surface area contributed by atoms with Crippen LogP contribution in [0.3, 0.4) is 0 Å². The molecule has 2 fully saturated rings. The van der Waals surface area contributed by atoms with Crippen LogP contribution in [0.15, 0.2) is 25.3 Å². The van der Waals surface area contributed by atoms with Crippen molar-refractivity contribution in [3.05, 3.63) is 25.3 Å². The summed E-state index contributed by atoms with van der Waals surface area (Å²) in [5, 5.41) is 0. The van der Waals surface area contributed by atoms with Crippen LogP contribution in [0, 0.1) is 0 Å². The summed E-state index contributed by atoms with van der Waals surface area (Å²) in [6.45, 7) is 11.7. The van der Waals surface area contributed by atoms with Crippen molar-refractivity contribution in [1.82, 2.24) is 19.6 Å². The van der Waals surface area contributed by atoms with Gasteiger partial charge in [0.25, 0.3) is 11.8 Å². The Morgan fingerprint density at radius 2 is 1.11 bits per heavy atom. The van der Waals surface area contributed by atoms with Crippen molar-refractivity contribution in [2.24, 2.45) is 0 Å². The van der Waals surface area contributed by atoms with E-state index in [9.17, 15) is 28.8 Å². The number of amides is 6. The quantitative estimate of drug-likeness (QED) is 0.120. The van der Waals surface area contributed by atoms with Gasteiger partial charge in [0.05, 0.1) is 13.2 Å². The van der Waals surface area contributed by atoms with E-state index in [4.69, 9.17) is 9.47 Å². The molecule has 2 aliphatic heterocycles. The fourth-order valence-electron chi connectivity index (χ4n) is 4.57. The predicted molar refractivity (Wildman–Crippen MR) is 137 cm³/mol. The van der Waals surface area contributed by atoms with Gasteiger partial charge in [-0.05, 0) is 39.5 Å². The van der Waals surface area contributed by atoms with Crippen molar-refractivity contribution < 1.29 is 38.2 Å². The molecular weight excluding hydrogens is 496 g/mol. The maximum atomic E-state index is 13.0. The van der Waals surface area contributed by atoms with E-state index in [1.54, 1.807) is 13.8 Å². The smallest absolute Gasteiger partial charge is 0.327 e. The maximum absolute atomic E-state index is 13.0. The van der Waals surface area contributed by atoms with E-state index in [1.807, 2.05) is 0 Å². The highest BCUT2D eigenvalue weighted by Gasteiger charge is 2.45. The normalized spacial score (nSPS) is 19.4. The number of hydrogen-bond acceptors (Lipinski definition) is 8. The molecule has 0 N–H and O–H groups in total. The largest absolute Gasteiger partial charge is 0.466 e. The predicted octanol–water partition coefficient (Wildman–Crippen LogP) is 2.09. The fraction of sp³-hybridized carbons (Fsp3) is 0.615. The van der Waals surface area contributed by atoms with Gasteiger partial charge in [-0.3, -0.25) is 29.0 Å². The number of unbranched alkanes of at least 4 members (excludes halogenated alkanes) is 1. The molecule has 12 nitrogen and oxygen atoms in total.